The van der Waals surface area contributed by atoms with Crippen LogP contribution in [0.5, 0.6) is 11.5 Å². The molecule has 0 spiro atoms. The van der Waals surface area contributed by atoms with E-state index in [1.54, 1.807) is 37.1 Å². The highest BCUT2D eigenvalue weighted by Gasteiger charge is 2.34. The Morgan fingerprint density at radius 2 is 1.93 bits per heavy atom. The molecule has 0 bridgehead atoms. The summed E-state index contributed by atoms with van der Waals surface area (Å²) in [6.45, 7) is 1.83. The van der Waals surface area contributed by atoms with Gasteiger partial charge in [0.2, 0.25) is 5.95 Å². The molecule has 1 atom stereocenters. The van der Waals surface area contributed by atoms with Gasteiger partial charge in [-0.1, -0.05) is 35.4 Å². The van der Waals surface area contributed by atoms with Gasteiger partial charge in [-0.25, -0.2) is 0 Å². The van der Waals surface area contributed by atoms with Gasteiger partial charge in [-0.3, -0.25) is 4.79 Å². The quantitative estimate of drug-likeness (QED) is 0.688. The monoisotopic (exact) mass is 392 g/mol. The van der Waals surface area contributed by atoms with E-state index in [4.69, 9.17) is 9.47 Å². The van der Waals surface area contributed by atoms with E-state index >= 15 is 0 Å². The highest BCUT2D eigenvalue weighted by Crippen LogP contribution is 2.36. The smallest absolute Gasteiger partial charge is 0.255 e. The topological polar surface area (TPSA) is 103 Å². The van der Waals surface area contributed by atoms with Crippen LogP contribution in [0.1, 0.15) is 18.5 Å². The molecule has 1 aliphatic rings. The van der Waals surface area contributed by atoms with Crippen molar-refractivity contribution in [1.82, 2.24) is 20.2 Å². The lowest BCUT2D eigenvalue weighted by Crippen LogP contribution is -2.31. The standard InChI is InChI=1S/C20H20N6O3/c1-12-17(19(27)22-15-11-14(28-2)9-10-16(15)29-3)18(13-7-5-4-6-8-13)26-20(21-12)23-24-25-26/h4-11,18H,1-3H3,(H,22,27)(H,21,23,25). The maximum atomic E-state index is 13.4. The molecule has 0 saturated carbocycles. The molecule has 0 aliphatic carbocycles. The average molecular weight is 392 g/mol. The van der Waals surface area contributed by atoms with E-state index in [9.17, 15) is 4.79 Å². The number of amides is 1. The van der Waals surface area contributed by atoms with E-state index in [-0.39, 0.29) is 5.91 Å². The fourth-order valence-corrected chi connectivity index (χ4v) is 3.35. The van der Waals surface area contributed by atoms with E-state index < -0.39 is 6.04 Å². The van der Waals surface area contributed by atoms with Gasteiger partial charge in [0.25, 0.3) is 5.91 Å². The number of anilines is 2. The predicted molar refractivity (Wildman–Crippen MR) is 107 cm³/mol. The molecule has 1 aliphatic heterocycles. The number of fused-ring (bicyclic) bond motifs is 1. The first-order valence-corrected chi connectivity index (χ1v) is 8.96. The number of methoxy groups -OCH3 is 2. The lowest BCUT2D eigenvalue weighted by Gasteiger charge is -2.28. The number of aromatic nitrogens is 4. The summed E-state index contributed by atoms with van der Waals surface area (Å²) >= 11 is 0. The molecule has 2 aromatic carbocycles. The number of carbonyl (C=O) groups excluding carboxylic acids is 1. The van der Waals surface area contributed by atoms with Gasteiger partial charge in [0.05, 0.1) is 25.5 Å². The van der Waals surface area contributed by atoms with E-state index in [0.29, 0.717) is 34.4 Å². The van der Waals surface area contributed by atoms with Crippen molar-refractivity contribution >= 4 is 17.5 Å². The maximum absolute atomic E-state index is 13.4. The van der Waals surface area contributed by atoms with E-state index in [1.165, 1.54) is 0 Å². The molecule has 3 aromatic rings. The molecule has 9 nitrogen and oxygen atoms in total. The second-order valence-corrected chi connectivity index (χ2v) is 6.44. The van der Waals surface area contributed by atoms with Crippen molar-refractivity contribution < 1.29 is 14.3 Å². The highest BCUT2D eigenvalue weighted by molar-refractivity contribution is 6.06. The molecule has 2 heterocycles. The van der Waals surface area contributed by atoms with Gasteiger partial charge >= 0.3 is 0 Å². The first-order valence-electron chi connectivity index (χ1n) is 8.96. The summed E-state index contributed by atoms with van der Waals surface area (Å²) in [5.41, 5.74) is 2.57. The van der Waals surface area contributed by atoms with Gasteiger partial charge in [0.15, 0.2) is 0 Å². The van der Waals surface area contributed by atoms with Crippen LogP contribution in [0.25, 0.3) is 0 Å². The summed E-state index contributed by atoms with van der Waals surface area (Å²) in [6, 6.07) is 14.4. The fraction of sp³-hybridized carbons (Fsp3) is 0.200. The second-order valence-electron chi connectivity index (χ2n) is 6.44. The fourth-order valence-electron chi connectivity index (χ4n) is 3.35. The minimum atomic E-state index is -0.473. The number of tetrazole rings is 1. The van der Waals surface area contributed by atoms with Gasteiger partial charge in [0.1, 0.15) is 17.5 Å². The van der Waals surface area contributed by atoms with Crippen LogP contribution in [-0.4, -0.2) is 40.3 Å². The molecule has 29 heavy (non-hydrogen) atoms. The molecular weight excluding hydrogens is 372 g/mol. The van der Waals surface area contributed by atoms with Crippen molar-refractivity contribution in [1.29, 1.82) is 0 Å². The lowest BCUT2D eigenvalue weighted by atomic mass is 9.95. The van der Waals surface area contributed by atoms with Gasteiger partial charge in [-0.05, 0) is 35.0 Å². The molecule has 0 saturated heterocycles. The third-order valence-electron chi connectivity index (χ3n) is 4.73. The van der Waals surface area contributed by atoms with E-state index in [2.05, 4.69) is 26.2 Å². The number of hydrogen-bond donors (Lipinski definition) is 2. The SMILES string of the molecule is COc1ccc(OC)c(NC(=O)C2=C(C)Nc3nnnn3C2c2ccccc2)c1. The Hall–Kier alpha value is -3.88. The lowest BCUT2D eigenvalue weighted by molar-refractivity contribution is -0.113. The number of ether oxygens (including phenoxy) is 2. The van der Waals surface area contributed by atoms with Crippen molar-refractivity contribution in [2.45, 2.75) is 13.0 Å². The molecule has 4 rings (SSSR count). The van der Waals surface area contributed by atoms with Gasteiger partial charge in [-0.2, -0.15) is 4.68 Å². The van der Waals surface area contributed by atoms with Gasteiger partial charge in [-0.15, -0.1) is 0 Å². The third kappa shape index (κ3) is 3.38. The van der Waals surface area contributed by atoms with Crippen LogP contribution < -0.4 is 20.1 Å². The largest absolute Gasteiger partial charge is 0.497 e. The Morgan fingerprint density at radius 1 is 1.14 bits per heavy atom. The van der Waals surface area contributed by atoms with Gasteiger partial charge < -0.3 is 20.1 Å². The van der Waals surface area contributed by atoms with Crippen LogP contribution >= 0.6 is 0 Å². The summed E-state index contributed by atoms with van der Waals surface area (Å²) < 4.78 is 12.2. The summed E-state index contributed by atoms with van der Waals surface area (Å²) in [5.74, 6) is 1.32. The zero-order valence-corrected chi connectivity index (χ0v) is 16.2. The van der Waals surface area contributed by atoms with Crippen LogP contribution in [0.4, 0.5) is 11.6 Å². The minimum Gasteiger partial charge on any atom is -0.497 e. The summed E-state index contributed by atoms with van der Waals surface area (Å²) in [4.78, 5) is 13.4. The summed E-state index contributed by atoms with van der Waals surface area (Å²) in [5, 5.41) is 17.9. The van der Waals surface area contributed by atoms with Crippen molar-refractivity contribution in [2.24, 2.45) is 0 Å². The molecule has 2 N–H and O–H groups in total. The number of nitrogens with zero attached hydrogens (tertiary/aromatic N) is 4. The minimum absolute atomic E-state index is 0.295. The zero-order chi connectivity index (χ0) is 20.4. The number of allylic oxidation sites excluding steroid dienone is 1. The van der Waals surface area contributed by atoms with Crippen LogP contribution in [-0.2, 0) is 4.79 Å². The number of carbonyl (C=O) groups is 1. The molecule has 0 radical (unpaired) electrons. The van der Waals surface area contributed by atoms with Crippen LogP contribution in [0.3, 0.4) is 0 Å². The maximum Gasteiger partial charge on any atom is 0.255 e. The van der Waals surface area contributed by atoms with Crippen molar-refractivity contribution in [2.75, 3.05) is 24.9 Å². The predicted octanol–water partition coefficient (Wildman–Crippen LogP) is 2.62. The first-order chi connectivity index (χ1) is 14.1. The first kappa shape index (κ1) is 18.5. The Kier molecular flexibility index (Phi) is 4.86. The molecule has 1 amide bonds. The Bertz CT molecular complexity index is 1080. The van der Waals surface area contributed by atoms with Crippen LogP contribution in [0.15, 0.2) is 59.8 Å². The number of benzene rings is 2. The Balaban J connectivity index is 1.75. The number of rotatable bonds is 5. The van der Waals surface area contributed by atoms with Crippen LogP contribution in [0.2, 0.25) is 0 Å². The zero-order valence-electron chi connectivity index (χ0n) is 16.2. The average Bonchev–Trinajstić information content (AvgIpc) is 3.21. The molecule has 148 valence electrons. The third-order valence-corrected chi connectivity index (χ3v) is 4.73. The van der Waals surface area contributed by atoms with Crippen LogP contribution in [0, 0.1) is 0 Å². The molecular formula is C20H20N6O3. The molecule has 9 heteroatoms. The molecule has 0 fully saturated rings. The van der Waals surface area contributed by atoms with E-state index in [1.807, 2.05) is 37.3 Å². The number of hydrogen-bond acceptors (Lipinski definition) is 7. The summed E-state index contributed by atoms with van der Waals surface area (Å²) in [6.07, 6.45) is 0. The molecule has 1 unspecified atom stereocenters. The van der Waals surface area contributed by atoms with Crippen molar-refractivity contribution in [3.05, 3.63) is 65.4 Å². The molecule has 1 aromatic heterocycles. The Labute approximate surface area is 167 Å². The summed E-state index contributed by atoms with van der Waals surface area (Å²) in [7, 11) is 3.11. The number of nitrogens with one attached hydrogen (secondary N) is 2. The Morgan fingerprint density at radius 3 is 2.66 bits per heavy atom. The van der Waals surface area contributed by atoms with Crippen molar-refractivity contribution in [3.63, 3.8) is 0 Å². The van der Waals surface area contributed by atoms with Crippen molar-refractivity contribution in [3.8, 4) is 11.5 Å². The second kappa shape index (κ2) is 7.63. The highest BCUT2D eigenvalue weighted by atomic mass is 16.5. The van der Waals surface area contributed by atoms with E-state index in [0.717, 1.165) is 5.56 Å². The van der Waals surface area contributed by atoms with Gasteiger partial charge in [0, 0.05) is 11.8 Å². The normalized spacial score (nSPS) is 15.3.